The molecule has 0 aliphatic heterocycles. The smallest absolute Gasteiger partial charge is 0.0220 e. The first-order valence-electron chi connectivity index (χ1n) is 6.43. The SMILES string of the molecule is CCCC(CNC(C)(C)C)N(CC)CC. The van der Waals surface area contributed by atoms with Gasteiger partial charge in [-0.15, -0.1) is 0 Å². The van der Waals surface area contributed by atoms with E-state index in [0.29, 0.717) is 6.04 Å². The normalized spacial score (nSPS) is 14.6. The molecule has 92 valence electrons. The Hall–Kier alpha value is -0.0800. The predicted octanol–water partition coefficient (Wildman–Crippen LogP) is 2.89. The van der Waals surface area contributed by atoms with Gasteiger partial charge in [-0.1, -0.05) is 27.2 Å². The minimum atomic E-state index is 0.235. The summed E-state index contributed by atoms with van der Waals surface area (Å²) in [4.78, 5) is 2.56. The molecule has 0 aromatic heterocycles. The van der Waals surface area contributed by atoms with Crippen LogP contribution < -0.4 is 5.32 Å². The van der Waals surface area contributed by atoms with Gasteiger partial charge in [-0.3, -0.25) is 4.90 Å². The van der Waals surface area contributed by atoms with Gasteiger partial charge in [-0.05, 0) is 40.3 Å². The third-order valence-corrected chi connectivity index (χ3v) is 2.82. The van der Waals surface area contributed by atoms with E-state index in [1.165, 1.54) is 12.8 Å². The monoisotopic (exact) mass is 214 g/mol. The van der Waals surface area contributed by atoms with E-state index in [2.05, 4.69) is 51.8 Å². The van der Waals surface area contributed by atoms with Crippen LogP contribution in [0.25, 0.3) is 0 Å². The Morgan fingerprint density at radius 2 is 1.60 bits per heavy atom. The summed E-state index contributed by atoms with van der Waals surface area (Å²) in [6, 6.07) is 0.698. The average molecular weight is 214 g/mol. The van der Waals surface area contributed by atoms with Crippen molar-refractivity contribution >= 4 is 0 Å². The lowest BCUT2D eigenvalue weighted by Gasteiger charge is -2.32. The molecule has 0 aliphatic carbocycles. The Kier molecular flexibility index (Phi) is 7.20. The van der Waals surface area contributed by atoms with E-state index in [-0.39, 0.29) is 5.54 Å². The van der Waals surface area contributed by atoms with Crippen molar-refractivity contribution in [2.24, 2.45) is 0 Å². The summed E-state index contributed by atoms with van der Waals surface area (Å²) in [7, 11) is 0. The maximum Gasteiger partial charge on any atom is 0.0220 e. The summed E-state index contributed by atoms with van der Waals surface area (Å²) >= 11 is 0. The van der Waals surface area contributed by atoms with Gasteiger partial charge in [-0.2, -0.15) is 0 Å². The predicted molar refractivity (Wildman–Crippen MR) is 69.4 cm³/mol. The second-order valence-electron chi connectivity index (χ2n) is 5.29. The van der Waals surface area contributed by atoms with Crippen molar-refractivity contribution in [3.8, 4) is 0 Å². The highest BCUT2D eigenvalue weighted by atomic mass is 15.2. The molecular weight excluding hydrogens is 184 g/mol. The molecule has 0 radical (unpaired) electrons. The highest BCUT2D eigenvalue weighted by molar-refractivity contribution is 4.78. The minimum absolute atomic E-state index is 0.235. The van der Waals surface area contributed by atoms with Crippen LogP contribution in [0.4, 0.5) is 0 Å². The van der Waals surface area contributed by atoms with Crippen LogP contribution in [0.5, 0.6) is 0 Å². The van der Waals surface area contributed by atoms with Crippen molar-refractivity contribution in [1.82, 2.24) is 10.2 Å². The molecule has 0 aliphatic rings. The molecule has 0 aromatic rings. The van der Waals surface area contributed by atoms with Gasteiger partial charge in [-0.25, -0.2) is 0 Å². The van der Waals surface area contributed by atoms with E-state index in [9.17, 15) is 0 Å². The largest absolute Gasteiger partial charge is 0.311 e. The number of nitrogens with zero attached hydrogens (tertiary/aromatic N) is 1. The lowest BCUT2D eigenvalue weighted by molar-refractivity contribution is 0.189. The molecule has 0 saturated heterocycles. The summed E-state index contributed by atoms with van der Waals surface area (Å²) in [5.74, 6) is 0. The van der Waals surface area contributed by atoms with Crippen molar-refractivity contribution in [2.45, 2.75) is 66.0 Å². The molecule has 0 spiro atoms. The van der Waals surface area contributed by atoms with E-state index in [1.807, 2.05) is 0 Å². The zero-order chi connectivity index (χ0) is 11.9. The van der Waals surface area contributed by atoms with Gasteiger partial charge < -0.3 is 5.32 Å². The van der Waals surface area contributed by atoms with E-state index in [0.717, 1.165) is 19.6 Å². The summed E-state index contributed by atoms with van der Waals surface area (Å²) in [5, 5.41) is 3.61. The Morgan fingerprint density at radius 1 is 1.07 bits per heavy atom. The number of likely N-dealkylation sites (N-methyl/N-ethyl adjacent to an activating group) is 1. The summed E-state index contributed by atoms with van der Waals surface area (Å²) in [6.45, 7) is 16.9. The Labute approximate surface area is 96.4 Å². The summed E-state index contributed by atoms with van der Waals surface area (Å²) in [6.07, 6.45) is 2.57. The quantitative estimate of drug-likeness (QED) is 0.701. The number of nitrogens with one attached hydrogen (secondary N) is 1. The van der Waals surface area contributed by atoms with Crippen molar-refractivity contribution in [3.63, 3.8) is 0 Å². The van der Waals surface area contributed by atoms with Crippen LogP contribution in [0.1, 0.15) is 54.4 Å². The Balaban J connectivity index is 4.13. The molecule has 0 fully saturated rings. The zero-order valence-corrected chi connectivity index (χ0v) is 11.6. The van der Waals surface area contributed by atoms with Crippen LogP contribution in [-0.2, 0) is 0 Å². The van der Waals surface area contributed by atoms with Gasteiger partial charge in [0, 0.05) is 18.1 Å². The van der Waals surface area contributed by atoms with Gasteiger partial charge in [0.05, 0.1) is 0 Å². The molecule has 0 rings (SSSR count). The molecule has 2 nitrogen and oxygen atoms in total. The number of hydrogen-bond donors (Lipinski definition) is 1. The maximum absolute atomic E-state index is 3.61. The lowest BCUT2D eigenvalue weighted by atomic mass is 10.1. The molecule has 0 bridgehead atoms. The fraction of sp³-hybridized carbons (Fsp3) is 1.00. The number of rotatable bonds is 7. The molecule has 0 aromatic carbocycles. The van der Waals surface area contributed by atoms with Crippen LogP contribution in [-0.4, -0.2) is 36.1 Å². The van der Waals surface area contributed by atoms with Crippen LogP contribution in [0, 0.1) is 0 Å². The van der Waals surface area contributed by atoms with E-state index in [1.54, 1.807) is 0 Å². The maximum atomic E-state index is 3.61. The highest BCUT2D eigenvalue weighted by Crippen LogP contribution is 2.08. The average Bonchev–Trinajstić information content (AvgIpc) is 2.14. The van der Waals surface area contributed by atoms with Crippen LogP contribution >= 0.6 is 0 Å². The molecular formula is C13H30N2. The molecule has 0 saturated carbocycles. The highest BCUT2D eigenvalue weighted by Gasteiger charge is 2.17. The Bertz CT molecular complexity index is 145. The minimum Gasteiger partial charge on any atom is -0.311 e. The molecule has 2 heteroatoms. The topological polar surface area (TPSA) is 15.3 Å². The van der Waals surface area contributed by atoms with Crippen LogP contribution in [0.3, 0.4) is 0 Å². The van der Waals surface area contributed by atoms with E-state index >= 15 is 0 Å². The second kappa shape index (κ2) is 7.24. The molecule has 1 N–H and O–H groups in total. The zero-order valence-electron chi connectivity index (χ0n) is 11.6. The van der Waals surface area contributed by atoms with Gasteiger partial charge in [0.1, 0.15) is 0 Å². The fourth-order valence-corrected chi connectivity index (χ4v) is 1.91. The van der Waals surface area contributed by atoms with Gasteiger partial charge in [0.25, 0.3) is 0 Å². The van der Waals surface area contributed by atoms with Gasteiger partial charge in [0.15, 0.2) is 0 Å². The first kappa shape index (κ1) is 14.9. The number of hydrogen-bond acceptors (Lipinski definition) is 2. The third-order valence-electron chi connectivity index (χ3n) is 2.82. The van der Waals surface area contributed by atoms with Crippen LogP contribution in [0.15, 0.2) is 0 Å². The lowest BCUT2D eigenvalue weighted by Crippen LogP contribution is -2.47. The molecule has 1 atom stereocenters. The Morgan fingerprint density at radius 3 is 1.93 bits per heavy atom. The summed E-state index contributed by atoms with van der Waals surface area (Å²) in [5.41, 5.74) is 0.235. The first-order valence-corrected chi connectivity index (χ1v) is 6.43. The second-order valence-corrected chi connectivity index (χ2v) is 5.29. The van der Waals surface area contributed by atoms with E-state index < -0.39 is 0 Å². The van der Waals surface area contributed by atoms with Gasteiger partial charge in [0.2, 0.25) is 0 Å². The van der Waals surface area contributed by atoms with Crippen molar-refractivity contribution < 1.29 is 0 Å². The third kappa shape index (κ3) is 6.91. The summed E-state index contributed by atoms with van der Waals surface area (Å²) < 4.78 is 0. The van der Waals surface area contributed by atoms with Crippen molar-refractivity contribution in [3.05, 3.63) is 0 Å². The molecule has 15 heavy (non-hydrogen) atoms. The van der Waals surface area contributed by atoms with Crippen LogP contribution in [0.2, 0.25) is 0 Å². The molecule has 0 heterocycles. The van der Waals surface area contributed by atoms with Crippen molar-refractivity contribution in [2.75, 3.05) is 19.6 Å². The van der Waals surface area contributed by atoms with E-state index in [4.69, 9.17) is 0 Å². The fourth-order valence-electron chi connectivity index (χ4n) is 1.91. The van der Waals surface area contributed by atoms with Crippen molar-refractivity contribution in [1.29, 1.82) is 0 Å². The molecule has 0 amide bonds. The standard InChI is InChI=1S/C13H30N2/c1-7-10-12(15(8-2)9-3)11-14-13(4,5)6/h12,14H,7-11H2,1-6H3. The molecule has 1 unspecified atom stereocenters. The first-order chi connectivity index (χ1) is 6.94. The van der Waals surface area contributed by atoms with Gasteiger partial charge >= 0.3 is 0 Å².